The largest absolute Gasteiger partial charge is 0.469 e. The van der Waals surface area contributed by atoms with Crippen molar-refractivity contribution in [3.8, 4) is 5.69 Å². The number of ether oxygens (including phenoxy) is 2. The molecule has 0 saturated carbocycles. The zero-order valence-electron chi connectivity index (χ0n) is 16.5. The summed E-state index contributed by atoms with van der Waals surface area (Å²) < 4.78 is 13.1. The van der Waals surface area contributed by atoms with Crippen LogP contribution in [0.5, 0.6) is 0 Å². The van der Waals surface area contributed by atoms with E-state index in [1.54, 1.807) is 4.90 Å². The Balaban J connectivity index is 1.95. The first-order valence-corrected chi connectivity index (χ1v) is 9.87. The molecule has 0 spiro atoms. The zero-order chi connectivity index (χ0) is 20.5. The molecule has 1 aliphatic heterocycles. The molecule has 0 unspecified atom stereocenters. The number of fused-ring (bicyclic) bond motifs is 1. The SMILES string of the molecule is COC(=O)Cc1nn(-c2ccc(Br)cc2)c2c1CN(C(=O)OC(C)(C)C)CC2. The van der Waals surface area contributed by atoms with Gasteiger partial charge >= 0.3 is 12.1 Å². The smallest absolute Gasteiger partial charge is 0.410 e. The van der Waals surface area contributed by atoms with Crippen molar-refractivity contribution in [2.45, 2.75) is 45.8 Å². The van der Waals surface area contributed by atoms with Gasteiger partial charge in [-0.25, -0.2) is 9.48 Å². The molecule has 150 valence electrons. The van der Waals surface area contributed by atoms with Crippen molar-refractivity contribution in [3.63, 3.8) is 0 Å². The fraction of sp³-hybridized carbons (Fsp3) is 0.450. The van der Waals surface area contributed by atoms with E-state index in [4.69, 9.17) is 9.47 Å². The highest BCUT2D eigenvalue weighted by Gasteiger charge is 2.31. The molecule has 1 aromatic heterocycles. The predicted octanol–water partition coefficient (Wildman–Crippen LogP) is 3.64. The third-order valence-electron chi connectivity index (χ3n) is 4.40. The molecule has 2 aromatic rings. The lowest BCUT2D eigenvalue weighted by Crippen LogP contribution is -2.40. The van der Waals surface area contributed by atoms with E-state index in [1.807, 2.05) is 49.7 Å². The second-order valence-corrected chi connectivity index (χ2v) is 8.58. The Morgan fingerprint density at radius 2 is 1.89 bits per heavy atom. The van der Waals surface area contributed by atoms with Gasteiger partial charge in [-0.05, 0) is 45.0 Å². The molecule has 28 heavy (non-hydrogen) atoms. The van der Waals surface area contributed by atoms with Crippen LogP contribution in [0.25, 0.3) is 5.69 Å². The molecule has 0 bridgehead atoms. The van der Waals surface area contributed by atoms with E-state index in [-0.39, 0.29) is 18.5 Å². The summed E-state index contributed by atoms with van der Waals surface area (Å²) in [6, 6.07) is 7.80. The highest BCUT2D eigenvalue weighted by Crippen LogP contribution is 2.27. The summed E-state index contributed by atoms with van der Waals surface area (Å²) >= 11 is 3.44. The minimum atomic E-state index is -0.562. The van der Waals surface area contributed by atoms with Crippen LogP contribution in [-0.2, 0) is 33.7 Å². The van der Waals surface area contributed by atoms with E-state index in [1.165, 1.54) is 7.11 Å². The average Bonchev–Trinajstić information content (AvgIpc) is 2.98. The Hall–Kier alpha value is -2.35. The maximum atomic E-state index is 12.5. The highest BCUT2D eigenvalue weighted by molar-refractivity contribution is 9.10. The second-order valence-electron chi connectivity index (χ2n) is 7.66. The Morgan fingerprint density at radius 1 is 1.21 bits per heavy atom. The molecule has 0 radical (unpaired) electrons. The van der Waals surface area contributed by atoms with Crippen molar-refractivity contribution in [2.24, 2.45) is 0 Å². The van der Waals surface area contributed by atoms with E-state index >= 15 is 0 Å². The minimum Gasteiger partial charge on any atom is -0.469 e. The lowest BCUT2D eigenvalue weighted by Gasteiger charge is -2.30. The minimum absolute atomic E-state index is 0.0600. The number of hydrogen-bond donors (Lipinski definition) is 0. The van der Waals surface area contributed by atoms with Crippen LogP contribution in [0.4, 0.5) is 4.79 Å². The lowest BCUT2D eigenvalue weighted by molar-refractivity contribution is -0.139. The molecule has 7 nitrogen and oxygen atoms in total. The molecular formula is C20H24BrN3O4. The van der Waals surface area contributed by atoms with E-state index in [2.05, 4.69) is 21.0 Å². The second kappa shape index (κ2) is 7.95. The van der Waals surface area contributed by atoms with Crippen molar-refractivity contribution in [1.82, 2.24) is 14.7 Å². The first-order valence-electron chi connectivity index (χ1n) is 9.08. The van der Waals surface area contributed by atoms with Crippen LogP contribution >= 0.6 is 15.9 Å². The number of hydrogen-bond acceptors (Lipinski definition) is 5. The van der Waals surface area contributed by atoms with Crippen molar-refractivity contribution < 1.29 is 19.1 Å². The molecule has 2 heterocycles. The summed E-state index contributed by atoms with van der Waals surface area (Å²) in [6.45, 7) is 6.41. The number of benzene rings is 1. The summed E-state index contributed by atoms with van der Waals surface area (Å²) in [7, 11) is 1.35. The molecule has 0 saturated heterocycles. The third-order valence-corrected chi connectivity index (χ3v) is 4.93. The summed E-state index contributed by atoms with van der Waals surface area (Å²) in [5.74, 6) is -0.363. The number of methoxy groups -OCH3 is 1. The van der Waals surface area contributed by atoms with Crippen molar-refractivity contribution in [2.75, 3.05) is 13.7 Å². The highest BCUT2D eigenvalue weighted by atomic mass is 79.9. The number of nitrogens with zero attached hydrogens (tertiary/aromatic N) is 3. The predicted molar refractivity (Wildman–Crippen MR) is 107 cm³/mol. The zero-order valence-corrected chi connectivity index (χ0v) is 18.1. The molecule has 0 aliphatic carbocycles. The van der Waals surface area contributed by atoms with Crippen LogP contribution in [-0.4, -0.2) is 46.0 Å². The number of esters is 1. The summed E-state index contributed by atoms with van der Waals surface area (Å²) in [5, 5.41) is 4.67. The van der Waals surface area contributed by atoms with Crippen molar-refractivity contribution >= 4 is 28.0 Å². The summed E-state index contributed by atoms with van der Waals surface area (Å²) in [6.07, 6.45) is 0.321. The van der Waals surface area contributed by atoms with Gasteiger partial charge in [0.15, 0.2) is 0 Å². The fourth-order valence-electron chi connectivity index (χ4n) is 3.12. The van der Waals surface area contributed by atoms with Crippen LogP contribution in [0, 0.1) is 0 Å². The number of aromatic nitrogens is 2. The van der Waals surface area contributed by atoms with Gasteiger partial charge in [0.2, 0.25) is 0 Å². The van der Waals surface area contributed by atoms with E-state index < -0.39 is 5.60 Å². The Bertz CT molecular complexity index is 884. The molecule has 0 N–H and O–H groups in total. The van der Waals surface area contributed by atoms with Gasteiger partial charge in [-0.15, -0.1) is 0 Å². The maximum absolute atomic E-state index is 12.5. The average molecular weight is 450 g/mol. The van der Waals surface area contributed by atoms with Crippen LogP contribution in [0.2, 0.25) is 0 Å². The van der Waals surface area contributed by atoms with E-state index in [0.29, 0.717) is 25.2 Å². The van der Waals surface area contributed by atoms with Gasteiger partial charge in [0.25, 0.3) is 0 Å². The van der Waals surface area contributed by atoms with Gasteiger partial charge in [-0.3, -0.25) is 4.79 Å². The molecule has 1 amide bonds. The molecule has 0 atom stereocenters. The molecule has 1 aliphatic rings. The number of halogens is 1. The van der Waals surface area contributed by atoms with Gasteiger partial charge in [0, 0.05) is 23.0 Å². The first-order chi connectivity index (χ1) is 13.2. The van der Waals surface area contributed by atoms with Gasteiger partial charge in [-0.2, -0.15) is 5.10 Å². The summed E-state index contributed by atoms with van der Waals surface area (Å²) in [4.78, 5) is 26.0. The first kappa shape index (κ1) is 20.4. The van der Waals surface area contributed by atoms with Crippen molar-refractivity contribution in [1.29, 1.82) is 0 Å². The van der Waals surface area contributed by atoms with E-state index in [0.717, 1.165) is 21.4 Å². The fourth-order valence-corrected chi connectivity index (χ4v) is 3.38. The number of carbonyl (C=O) groups is 2. The lowest BCUT2D eigenvalue weighted by atomic mass is 10.0. The van der Waals surface area contributed by atoms with Crippen LogP contribution in [0.15, 0.2) is 28.7 Å². The van der Waals surface area contributed by atoms with Crippen LogP contribution < -0.4 is 0 Å². The van der Waals surface area contributed by atoms with Gasteiger partial charge in [0.05, 0.1) is 37.2 Å². The molecule has 0 fully saturated rings. The number of amides is 1. The third kappa shape index (κ3) is 4.55. The van der Waals surface area contributed by atoms with Crippen LogP contribution in [0.3, 0.4) is 0 Å². The normalized spacial score (nSPS) is 13.8. The van der Waals surface area contributed by atoms with Gasteiger partial charge < -0.3 is 14.4 Å². The Labute approximate surface area is 172 Å². The Kier molecular flexibility index (Phi) is 5.79. The molecule has 8 heteroatoms. The molecule has 1 aromatic carbocycles. The monoisotopic (exact) mass is 449 g/mol. The molecule has 3 rings (SSSR count). The molecular weight excluding hydrogens is 426 g/mol. The summed E-state index contributed by atoms with van der Waals surface area (Å²) in [5.41, 5.74) is 2.85. The van der Waals surface area contributed by atoms with Crippen LogP contribution in [0.1, 0.15) is 37.7 Å². The number of carbonyl (C=O) groups excluding carboxylic acids is 2. The van der Waals surface area contributed by atoms with Crippen molar-refractivity contribution in [3.05, 3.63) is 45.7 Å². The Morgan fingerprint density at radius 3 is 2.50 bits per heavy atom. The topological polar surface area (TPSA) is 73.7 Å². The van der Waals surface area contributed by atoms with E-state index in [9.17, 15) is 9.59 Å². The standard InChI is InChI=1S/C20H24BrN3O4/c1-20(2,3)28-19(26)23-10-9-17-15(12-23)16(11-18(25)27-4)22-24(17)14-7-5-13(21)6-8-14/h5-8H,9-12H2,1-4H3. The van der Waals surface area contributed by atoms with Gasteiger partial charge in [-0.1, -0.05) is 15.9 Å². The van der Waals surface area contributed by atoms with Gasteiger partial charge in [0.1, 0.15) is 5.60 Å². The quantitative estimate of drug-likeness (QED) is 0.668. The maximum Gasteiger partial charge on any atom is 0.410 e. The number of rotatable bonds is 3.